The van der Waals surface area contributed by atoms with Gasteiger partial charge in [0.1, 0.15) is 22.1 Å². The highest BCUT2D eigenvalue weighted by molar-refractivity contribution is 6.35. The summed E-state index contributed by atoms with van der Waals surface area (Å²) in [6, 6.07) is 1.54. The molecule has 24 heavy (non-hydrogen) atoms. The van der Waals surface area contributed by atoms with E-state index in [4.69, 9.17) is 30.5 Å². The van der Waals surface area contributed by atoms with Crippen molar-refractivity contribution < 1.29 is 28.5 Å². The fourth-order valence-electron chi connectivity index (χ4n) is 3.30. The Labute approximate surface area is 144 Å². The molecule has 0 saturated heterocycles. The van der Waals surface area contributed by atoms with Crippen LogP contribution in [-0.4, -0.2) is 38.5 Å². The second kappa shape index (κ2) is 5.70. The lowest BCUT2D eigenvalue weighted by Gasteiger charge is -2.36. The molecule has 0 N–H and O–H groups in total. The summed E-state index contributed by atoms with van der Waals surface area (Å²) in [5.74, 6) is 0.107. The maximum Gasteiger partial charge on any atom is 0.231 e. The zero-order valence-electron chi connectivity index (χ0n) is 13.8. The van der Waals surface area contributed by atoms with Crippen LogP contribution in [0.5, 0.6) is 17.2 Å². The Morgan fingerprint density at radius 3 is 2.42 bits per heavy atom. The Hall–Kier alpha value is -2.21. The Morgan fingerprint density at radius 2 is 1.83 bits per heavy atom. The molecule has 3 rings (SSSR count). The number of ether oxygens (including phenoxy) is 4. The van der Waals surface area contributed by atoms with Crippen LogP contribution in [0.4, 0.5) is 0 Å². The molecular formula is C17H17ClO6. The highest BCUT2D eigenvalue weighted by Gasteiger charge is 2.59. The second-order valence-corrected chi connectivity index (χ2v) is 6.13. The molecule has 2 atom stereocenters. The molecule has 128 valence electrons. The first kappa shape index (κ1) is 16.6. The lowest BCUT2D eigenvalue weighted by Crippen LogP contribution is -2.51. The summed E-state index contributed by atoms with van der Waals surface area (Å²) >= 11 is 6.33. The van der Waals surface area contributed by atoms with Crippen molar-refractivity contribution in [2.45, 2.75) is 18.9 Å². The average molecular weight is 370 g/mol. The number of hydrogen-bond donors (Lipinski definition) is 0. The third kappa shape index (κ3) is 2.02. The molecule has 0 bridgehead atoms. The van der Waals surface area contributed by atoms with E-state index in [1.165, 1.54) is 33.5 Å². The number of hydrogen-bond acceptors (Lipinski definition) is 6. The Bertz CT molecular complexity index is 769. The van der Waals surface area contributed by atoms with Gasteiger partial charge >= 0.3 is 0 Å². The molecule has 0 aromatic heterocycles. The van der Waals surface area contributed by atoms with Crippen molar-refractivity contribution in [3.63, 3.8) is 0 Å². The van der Waals surface area contributed by atoms with Gasteiger partial charge in [0.05, 0.1) is 21.3 Å². The number of fused-ring (bicyclic) bond motifs is 1. The van der Waals surface area contributed by atoms with E-state index in [0.717, 1.165) is 0 Å². The van der Waals surface area contributed by atoms with Gasteiger partial charge in [-0.15, -0.1) is 0 Å². The highest BCUT2D eigenvalue weighted by Crippen LogP contribution is 2.54. The first-order valence-electron chi connectivity index (χ1n) is 7.38. The van der Waals surface area contributed by atoms with Crippen molar-refractivity contribution in [3.8, 4) is 17.2 Å². The van der Waals surface area contributed by atoms with E-state index in [9.17, 15) is 9.59 Å². The molecule has 0 fully saturated rings. The SMILES string of the molecule is [13CH3]O[13C]1=[13CH][13C](=O)[13CH2][13C@@H]([13CH3])[13C@]12O[13c]1[13c](Cl)[13c](O[13CH3])[13cH][13c](O[13CH3])[13c]1[13C]2=O. The molecule has 6 nitrogen and oxygen atoms in total. The van der Waals surface area contributed by atoms with E-state index >= 15 is 0 Å². The van der Waals surface area contributed by atoms with E-state index in [0.29, 0.717) is 11.5 Å². The summed E-state index contributed by atoms with van der Waals surface area (Å²) in [6.45, 7) is 1.77. The first-order valence-corrected chi connectivity index (χ1v) is 7.75. The van der Waals surface area contributed by atoms with Crippen molar-refractivity contribution in [3.05, 3.63) is 28.5 Å². The van der Waals surface area contributed by atoms with Gasteiger partial charge in [0.15, 0.2) is 17.3 Å². The summed E-state index contributed by atoms with van der Waals surface area (Å²) < 4.78 is 21.9. The van der Waals surface area contributed by atoms with E-state index in [1.54, 1.807) is 6.92 Å². The van der Waals surface area contributed by atoms with E-state index in [-0.39, 0.29) is 40.1 Å². The summed E-state index contributed by atoms with van der Waals surface area (Å²) in [6.07, 6.45) is 1.48. The van der Waals surface area contributed by atoms with Gasteiger partial charge in [-0.2, -0.15) is 0 Å². The van der Waals surface area contributed by atoms with E-state index in [2.05, 4.69) is 0 Å². The number of rotatable bonds is 3. The molecule has 0 saturated carbocycles. The minimum Gasteiger partial charge on any atom is -0.496 e. The Kier molecular flexibility index (Phi) is 3.95. The molecule has 1 aromatic rings. The predicted molar refractivity (Wildman–Crippen MR) is 86.1 cm³/mol. The summed E-state index contributed by atoms with van der Waals surface area (Å²) in [7, 11) is 4.31. The maximum absolute atomic E-state index is 13.3. The fourth-order valence-corrected chi connectivity index (χ4v) is 3.56. The second-order valence-electron chi connectivity index (χ2n) is 5.75. The summed E-state index contributed by atoms with van der Waals surface area (Å²) in [4.78, 5) is 25.1. The third-order valence-corrected chi connectivity index (χ3v) is 4.86. The topological polar surface area (TPSA) is 71.1 Å². The molecule has 1 spiro atoms. The van der Waals surface area contributed by atoms with Gasteiger partial charge in [-0.25, -0.2) is 0 Å². The van der Waals surface area contributed by atoms with Crippen LogP contribution in [0, 0.1) is 5.92 Å². The maximum atomic E-state index is 13.3. The van der Waals surface area contributed by atoms with Crippen LogP contribution in [0.2, 0.25) is 5.02 Å². The number of halogens is 1. The molecule has 1 aliphatic carbocycles. The van der Waals surface area contributed by atoms with Crippen molar-refractivity contribution in [1.29, 1.82) is 0 Å². The monoisotopic (exact) mass is 369 g/mol. The molecule has 2 aliphatic rings. The number of Topliss-reactive ketones (excluding diaryl/α,β-unsaturated/α-hetero) is 1. The lowest BCUT2D eigenvalue weighted by atomic mass is 10.7. The highest BCUT2D eigenvalue weighted by atomic mass is 35.5. The minimum atomic E-state index is -1.42. The minimum absolute atomic E-state index is 0.118. The van der Waals surface area contributed by atoms with Crippen LogP contribution in [0.25, 0.3) is 0 Å². The molecule has 7 heteroatoms. The first-order chi connectivity index (χ1) is 11.4. The van der Waals surface area contributed by atoms with E-state index < -0.39 is 11.5 Å². The van der Waals surface area contributed by atoms with Crippen LogP contribution in [0.1, 0.15) is 23.7 Å². The van der Waals surface area contributed by atoms with Crippen molar-refractivity contribution in [2.24, 2.45) is 5.92 Å². The standard InChI is InChI=1S/C17H17ClO6/c1-8-5-9(19)6-12(23-4)17(8)16(20)13-10(21-2)7-11(22-3)14(18)15(13)24-17/h6-8H,5H2,1-4H3/t8-,17+/m1/s1/i1+1,2+1,3+1,4+1,5+1,6+1,7+1,8+1,9+1,10+1,11+1,12+1,13+1,14+1,15+1,16+1,17+1. The largest absolute Gasteiger partial charge is 0.496 e. The van der Waals surface area contributed by atoms with Gasteiger partial charge in [-0.05, 0) is 0 Å². The molecule has 1 heterocycles. The van der Waals surface area contributed by atoms with Crippen molar-refractivity contribution in [1.82, 2.24) is 0 Å². The van der Waals surface area contributed by atoms with Crippen LogP contribution in [-0.2, 0) is 9.53 Å². The number of carbonyl (C=O) groups excluding carboxylic acids is 2. The predicted octanol–water partition coefficient (Wildman–Crippen LogP) is 2.81. The van der Waals surface area contributed by atoms with Crippen LogP contribution in [0.15, 0.2) is 17.9 Å². The number of methoxy groups -OCH3 is 3. The van der Waals surface area contributed by atoms with Gasteiger partial charge in [0.25, 0.3) is 0 Å². The number of allylic oxidation sites excluding steroid dienone is 1. The quantitative estimate of drug-likeness (QED) is 0.763. The molecule has 0 amide bonds. The van der Waals surface area contributed by atoms with Crippen LogP contribution >= 0.6 is 11.6 Å². The van der Waals surface area contributed by atoms with Gasteiger partial charge in [-0.3, -0.25) is 9.59 Å². The molecule has 0 radical (unpaired) electrons. The number of carbonyl (C=O) groups is 2. The zero-order chi connectivity index (χ0) is 17.6. The smallest absolute Gasteiger partial charge is 0.231 e. The number of benzene rings is 1. The normalized spacial score (nSPS) is 25.2. The van der Waals surface area contributed by atoms with Crippen LogP contribution in [0.3, 0.4) is 0 Å². The van der Waals surface area contributed by atoms with Gasteiger partial charge in [-0.1, -0.05) is 18.5 Å². The average Bonchev–Trinajstić information content (AvgIpc) is 2.87. The molecule has 1 aromatic carbocycles. The summed E-state index contributed by atoms with van der Waals surface area (Å²) in [5.41, 5.74) is -1.19. The zero-order valence-corrected chi connectivity index (χ0v) is 14.5. The third-order valence-electron chi connectivity index (χ3n) is 4.50. The Morgan fingerprint density at radius 1 is 1.17 bits per heavy atom. The summed E-state index contributed by atoms with van der Waals surface area (Å²) in [5, 5.41) is 0.179. The lowest BCUT2D eigenvalue weighted by molar-refractivity contribution is -0.118. The molecule has 1 aliphatic heterocycles. The van der Waals surface area contributed by atoms with Crippen molar-refractivity contribution >= 4 is 23.2 Å². The van der Waals surface area contributed by atoms with Crippen LogP contribution < -0.4 is 14.2 Å². The van der Waals surface area contributed by atoms with E-state index in [1.807, 2.05) is 0 Å². The fraction of sp³-hybridized carbons (Fsp3) is 0.412. The van der Waals surface area contributed by atoms with Gasteiger partial charge in [0.2, 0.25) is 11.4 Å². The molecule has 0 unspecified atom stereocenters. The van der Waals surface area contributed by atoms with Gasteiger partial charge in [0, 0.05) is 24.5 Å². The Balaban J connectivity index is 2.26. The van der Waals surface area contributed by atoms with Crippen molar-refractivity contribution in [2.75, 3.05) is 21.3 Å². The molecular weight excluding hydrogens is 353 g/mol. The number of ketones is 2. The van der Waals surface area contributed by atoms with Gasteiger partial charge < -0.3 is 18.9 Å².